The largest absolute Gasteiger partial charge is 0.321 e. The number of rotatable bonds is 5. The Bertz CT molecular complexity index is 916. The van der Waals surface area contributed by atoms with Crippen molar-refractivity contribution in [3.8, 4) is 0 Å². The lowest BCUT2D eigenvalue weighted by Gasteiger charge is -2.23. The molecule has 0 aliphatic carbocycles. The molecule has 0 radical (unpaired) electrons. The van der Waals surface area contributed by atoms with Gasteiger partial charge in [-0.2, -0.15) is 10.2 Å². The fourth-order valence-corrected chi connectivity index (χ4v) is 2.98. The van der Waals surface area contributed by atoms with E-state index in [0.717, 1.165) is 16.9 Å². The van der Waals surface area contributed by atoms with Crippen LogP contribution in [0.2, 0.25) is 0 Å². The van der Waals surface area contributed by atoms with Gasteiger partial charge in [-0.1, -0.05) is 26.0 Å². The topological polar surface area (TPSA) is 64.7 Å². The molecular weight excluding hydrogens is 338 g/mol. The summed E-state index contributed by atoms with van der Waals surface area (Å²) in [6, 6.07) is 11.6. The van der Waals surface area contributed by atoms with E-state index in [0.29, 0.717) is 12.2 Å². The first-order valence-corrected chi connectivity index (χ1v) is 9.22. The summed E-state index contributed by atoms with van der Waals surface area (Å²) in [5.74, 6) is 0.0896. The van der Waals surface area contributed by atoms with Crippen LogP contribution in [0.25, 0.3) is 0 Å². The van der Waals surface area contributed by atoms with Gasteiger partial charge in [0.2, 0.25) is 0 Å². The summed E-state index contributed by atoms with van der Waals surface area (Å²) in [6.07, 6.45) is 3.67. The fourth-order valence-electron chi connectivity index (χ4n) is 2.98. The number of benzene rings is 1. The number of aromatic nitrogens is 4. The van der Waals surface area contributed by atoms with Crippen molar-refractivity contribution in [2.24, 2.45) is 0 Å². The normalized spacial score (nSPS) is 11.8. The highest BCUT2D eigenvalue weighted by molar-refractivity contribution is 6.03. The van der Waals surface area contributed by atoms with Crippen LogP contribution in [0.15, 0.2) is 48.8 Å². The first kappa shape index (κ1) is 18.9. The van der Waals surface area contributed by atoms with E-state index in [2.05, 4.69) is 50.1 Å². The Kier molecular flexibility index (Phi) is 5.17. The zero-order chi connectivity index (χ0) is 19.6. The third-order valence-corrected chi connectivity index (χ3v) is 4.29. The average Bonchev–Trinajstić information content (AvgIpc) is 3.24. The molecule has 0 atom stereocenters. The van der Waals surface area contributed by atoms with Crippen LogP contribution in [0.4, 0.5) is 5.69 Å². The smallest absolute Gasteiger partial charge is 0.276 e. The number of anilines is 1. The van der Waals surface area contributed by atoms with Gasteiger partial charge in [0.15, 0.2) is 5.69 Å². The van der Waals surface area contributed by atoms with E-state index in [-0.39, 0.29) is 17.4 Å². The molecule has 142 valence electrons. The number of amides is 1. The number of carbonyl (C=O) groups is 1. The maximum absolute atomic E-state index is 12.8. The van der Waals surface area contributed by atoms with Crippen molar-refractivity contribution in [3.05, 3.63) is 65.7 Å². The molecule has 2 aromatic heterocycles. The molecule has 0 fully saturated rings. The highest BCUT2D eigenvalue weighted by Crippen LogP contribution is 2.24. The second kappa shape index (κ2) is 7.39. The number of hydrogen-bond donors (Lipinski definition) is 1. The second-order valence-corrected chi connectivity index (χ2v) is 8.05. The van der Waals surface area contributed by atoms with Crippen molar-refractivity contribution in [1.29, 1.82) is 0 Å². The first-order chi connectivity index (χ1) is 12.7. The van der Waals surface area contributed by atoms with Crippen molar-refractivity contribution >= 4 is 11.6 Å². The maximum Gasteiger partial charge on any atom is 0.276 e. The molecule has 0 saturated heterocycles. The second-order valence-electron chi connectivity index (χ2n) is 8.05. The fraction of sp³-hybridized carbons (Fsp3) is 0.381. The minimum atomic E-state index is -0.198. The molecule has 2 heterocycles. The van der Waals surface area contributed by atoms with E-state index in [9.17, 15) is 4.79 Å². The number of nitrogens with one attached hydrogen (secondary N) is 1. The first-order valence-electron chi connectivity index (χ1n) is 9.22. The molecule has 1 amide bonds. The SMILES string of the molecule is CC(C)c1cc(C(=O)Nc2cccc(Cn3cccn3)c2)nn1C(C)(C)C. The third kappa shape index (κ3) is 4.45. The Labute approximate surface area is 160 Å². The Morgan fingerprint density at radius 1 is 1.19 bits per heavy atom. The Balaban J connectivity index is 1.79. The van der Waals surface area contributed by atoms with Gasteiger partial charge < -0.3 is 5.32 Å². The van der Waals surface area contributed by atoms with Crippen molar-refractivity contribution in [2.75, 3.05) is 5.32 Å². The van der Waals surface area contributed by atoms with Crippen molar-refractivity contribution in [3.63, 3.8) is 0 Å². The van der Waals surface area contributed by atoms with E-state index < -0.39 is 0 Å². The van der Waals surface area contributed by atoms with E-state index in [1.165, 1.54) is 0 Å². The highest BCUT2D eigenvalue weighted by Gasteiger charge is 2.23. The van der Waals surface area contributed by atoms with Crippen LogP contribution in [0.5, 0.6) is 0 Å². The van der Waals surface area contributed by atoms with E-state index >= 15 is 0 Å². The quantitative estimate of drug-likeness (QED) is 0.735. The molecule has 1 aromatic carbocycles. The summed E-state index contributed by atoms with van der Waals surface area (Å²) >= 11 is 0. The number of hydrogen-bond acceptors (Lipinski definition) is 3. The van der Waals surface area contributed by atoms with Crippen LogP contribution in [0.1, 0.15) is 62.3 Å². The molecule has 0 aliphatic rings. The van der Waals surface area contributed by atoms with Crippen LogP contribution >= 0.6 is 0 Å². The predicted octanol–water partition coefficient (Wildman–Crippen LogP) is 4.26. The number of nitrogens with zero attached hydrogens (tertiary/aromatic N) is 4. The lowest BCUT2D eigenvalue weighted by Crippen LogP contribution is -2.26. The molecule has 6 heteroatoms. The Morgan fingerprint density at radius 2 is 1.96 bits per heavy atom. The monoisotopic (exact) mass is 365 g/mol. The van der Waals surface area contributed by atoms with Crippen molar-refractivity contribution < 1.29 is 4.79 Å². The molecule has 0 unspecified atom stereocenters. The lowest BCUT2D eigenvalue weighted by atomic mass is 10.1. The van der Waals surface area contributed by atoms with Gasteiger partial charge in [-0.15, -0.1) is 0 Å². The van der Waals surface area contributed by atoms with Gasteiger partial charge in [-0.3, -0.25) is 14.2 Å². The van der Waals surface area contributed by atoms with E-state index in [1.54, 1.807) is 6.20 Å². The zero-order valence-corrected chi connectivity index (χ0v) is 16.6. The molecule has 0 saturated carbocycles. The van der Waals surface area contributed by atoms with Gasteiger partial charge in [0.25, 0.3) is 5.91 Å². The molecule has 6 nitrogen and oxygen atoms in total. The molecule has 0 bridgehead atoms. The maximum atomic E-state index is 12.8. The van der Waals surface area contributed by atoms with Crippen molar-refractivity contribution in [2.45, 2.75) is 52.6 Å². The van der Waals surface area contributed by atoms with Crippen molar-refractivity contribution in [1.82, 2.24) is 19.6 Å². The molecule has 1 N–H and O–H groups in total. The molecule has 0 spiro atoms. The van der Waals surface area contributed by atoms with Crippen LogP contribution in [0.3, 0.4) is 0 Å². The van der Waals surface area contributed by atoms with Gasteiger partial charge in [0.1, 0.15) is 0 Å². The third-order valence-electron chi connectivity index (χ3n) is 4.29. The predicted molar refractivity (Wildman–Crippen MR) is 107 cm³/mol. The number of carbonyl (C=O) groups excluding carboxylic acids is 1. The van der Waals surface area contributed by atoms with Gasteiger partial charge >= 0.3 is 0 Å². The standard InChI is InChI=1S/C21H27N5O/c1-15(2)19-13-18(24-26(19)21(3,4)5)20(27)23-17-9-6-8-16(12-17)14-25-11-7-10-22-25/h6-13,15H,14H2,1-5H3,(H,23,27). The van der Waals surface area contributed by atoms with E-state index in [4.69, 9.17) is 0 Å². The van der Waals surface area contributed by atoms with Gasteiger partial charge in [-0.25, -0.2) is 0 Å². The summed E-state index contributed by atoms with van der Waals surface area (Å²) in [5, 5.41) is 11.8. The summed E-state index contributed by atoms with van der Waals surface area (Å²) in [7, 11) is 0. The van der Waals surface area contributed by atoms with Gasteiger partial charge in [-0.05, 0) is 56.5 Å². The zero-order valence-electron chi connectivity index (χ0n) is 16.6. The Morgan fingerprint density at radius 3 is 2.56 bits per heavy atom. The lowest BCUT2D eigenvalue weighted by molar-refractivity contribution is 0.102. The molecular formula is C21H27N5O. The van der Waals surface area contributed by atoms with Gasteiger partial charge in [0.05, 0.1) is 12.1 Å². The molecule has 0 aliphatic heterocycles. The minimum absolute atomic E-state index is 0.179. The molecule has 3 rings (SSSR count). The van der Waals surface area contributed by atoms with E-state index in [1.807, 2.05) is 52.0 Å². The molecule has 27 heavy (non-hydrogen) atoms. The van der Waals surface area contributed by atoms with Crippen LogP contribution in [-0.4, -0.2) is 25.5 Å². The van der Waals surface area contributed by atoms with Crippen LogP contribution < -0.4 is 5.32 Å². The van der Waals surface area contributed by atoms with Crippen LogP contribution in [-0.2, 0) is 12.1 Å². The van der Waals surface area contributed by atoms with Crippen LogP contribution in [0, 0.1) is 0 Å². The Hall–Kier alpha value is -2.89. The average molecular weight is 365 g/mol. The summed E-state index contributed by atoms with van der Waals surface area (Å²) in [5.41, 5.74) is 3.13. The molecule has 3 aromatic rings. The summed E-state index contributed by atoms with van der Waals surface area (Å²) < 4.78 is 3.79. The summed E-state index contributed by atoms with van der Waals surface area (Å²) in [6.45, 7) is 11.2. The summed E-state index contributed by atoms with van der Waals surface area (Å²) in [4.78, 5) is 12.8. The minimum Gasteiger partial charge on any atom is -0.321 e. The van der Waals surface area contributed by atoms with Gasteiger partial charge in [0, 0.05) is 23.8 Å². The highest BCUT2D eigenvalue weighted by atomic mass is 16.2.